The summed E-state index contributed by atoms with van der Waals surface area (Å²) in [6.45, 7) is 21.6. The molecular formula is C35H52O4. The summed E-state index contributed by atoms with van der Waals surface area (Å²) < 4.78 is 0. The zero-order chi connectivity index (χ0) is 29.9. The first-order valence-corrected chi connectivity index (χ1v) is 14.6. The highest BCUT2D eigenvalue weighted by atomic mass is 16.3. The van der Waals surface area contributed by atoms with Gasteiger partial charge in [0.15, 0.2) is 22.8 Å². The Bertz CT molecular complexity index is 1140. The third-order valence-corrected chi connectivity index (χ3v) is 8.98. The Hall–Kier alpha value is -2.49. The number of Topliss-reactive ketones (excluding diaryl/α,β-unsaturated/α-hetero) is 3. The number of allylic oxidation sites excluding steroid dienone is 10. The molecule has 0 aromatic heterocycles. The van der Waals surface area contributed by atoms with Gasteiger partial charge in [-0.3, -0.25) is 14.4 Å². The summed E-state index contributed by atoms with van der Waals surface area (Å²) in [7, 11) is 0. The summed E-state index contributed by atoms with van der Waals surface area (Å²) in [5.74, 6) is -1.93. The van der Waals surface area contributed by atoms with Crippen LogP contribution in [0.4, 0.5) is 0 Å². The maximum absolute atomic E-state index is 15.0. The van der Waals surface area contributed by atoms with Crippen LogP contribution in [0.3, 0.4) is 0 Å². The first-order chi connectivity index (χ1) is 18.0. The molecule has 39 heavy (non-hydrogen) atoms. The van der Waals surface area contributed by atoms with Crippen LogP contribution < -0.4 is 0 Å². The van der Waals surface area contributed by atoms with Gasteiger partial charge < -0.3 is 5.11 Å². The Morgan fingerprint density at radius 2 is 1.44 bits per heavy atom. The minimum atomic E-state index is -1.83. The Morgan fingerprint density at radius 1 is 0.897 bits per heavy atom. The molecule has 4 atom stereocenters. The summed E-state index contributed by atoms with van der Waals surface area (Å²) in [5, 5.41) is 11.9. The molecule has 0 saturated heterocycles. The van der Waals surface area contributed by atoms with E-state index in [9.17, 15) is 19.5 Å². The van der Waals surface area contributed by atoms with E-state index in [0.29, 0.717) is 25.7 Å². The monoisotopic (exact) mass is 536 g/mol. The van der Waals surface area contributed by atoms with Crippen molar-refractivity contribution in [2.75, 3.05) is 0 Å². The molecule has 2 aliphatic rings. The third-order valence-electron chi connectivity index (χ3n) is 8.98. The van der Waals surface area contributed by atoms with E-state index in [1.807, 2.05) is 74.5 Å². The lowest BCUT2D eigenvalue weighted by Crippen LogP contribution is -2.71. The number of fused-ring (bicyclic) bond motifs is 2. The van der Waals surface area contributed by atoms with E-state index in [4.69, 9.17) is 0 Å². The summed E-state index contributed by atoms with van der Waals surface area (Å²) in [6.07, 6.45) is 11.0. The van der Waals surface area contributed by atoms with Crippen LogP contribution >= 0.6 is 0 Å². The molecule has 216 valence electrons. The van der Waals surface area contributed by atoms with Gasteiger partial charge in [-0.1, -0.05) is 67.4 Å². The quantitative estimate of drug-likeness (QED) is 0.211. The van der Waals surface area contributed by atoms with Gasteiger partial charge in [0.2, 0.25) is 0 Å². The highest BCUT2D eigenvalue weighted by Gasteiger charge is 2.75. The van der Waals surface area contributed by atoms with Crippen LogP contribution in [0.25, 0.3) is 0 Å². The summed E-state index contributed by atoms with van der Waals surface area (Å²) in [6, 6.07) is 0. The second-order valence-electron chi connectivity index (χ2n) is 13.5. The molecule has 0 aromatic rings. The third kappa shape index (κ3) is 5.86. The maximum Gasteiger partial charge on any atom is 0.184 e. The molecule has 0 amide bonds. The molecule has 0 radical (unpaired) electrons. The zero-order valence-electron chi connectivity index (χ0n) is 26.4. The van der Waals surface area contributed by atoms with E-state index >= 15 is 0 Å². The number of carbonyl (C=O) groups is 3. The lowest BCUT2D eigenvalue weighted by Gasteiger charge is -2.61. The van der Waals surface area contributed by atoms with Crippen molar-refractivity contribution in [3.63, 3.8) is 0 Å². The van der Waals surface area contributed by atoms with Gasteiger partial charge in [-0.15, -0.1) is 0 Å². The number of aliphatic hydroxyl groups excluding tert-OH is 1. The summed E-state index contributed by atoms with van der Waals surface area (Å²) in [4.78, 5) is 44.3. The van der Waals surface area contributed by atoms with Crippen molar-refractivity contribution in [3.8, 4) is 0 Å². The van der Waals surface area contributed by atoms with E-state index in [1.165, 1.54) is 5.57 Å². The van der Waals surface area contributed by atoms with Crippen molar-refractivity contribution in [2.45, 2.75) is 115 Å². The van der Waals surface area contributed by atoms with Crippen LogP contribution in [0, 0.1) is 28.1 Å². The topological polar surface area (TPSA) is 71.4 Å². The molecule has 1 saturated carbocycles. The van der Waals surface area contributed by atoms with Crippen molar-refractivity contribution in [1.29, 1.82) is 0 Å². The molecule has 4 heteroatoms. The Morgan fingerprint density at radius 3 is 1.92 bits per heavy atom. The largest absolute Gasteiger partial charge is 0.511 e. The second-order valence-corrected chi connectivity index (χ2v) is 13.5. The predicted molar refractivity (Wildman–Crippen MR) is 161 cm³/mol. The Labute approximate surface area is 237 Å². The molecular weight excluding hydrogens is 484 g/mol. The minimum absolute atomic E-state index is 0.117. The van der Waals surface area contributed by atoms with Crippen LogP contribution in [0.1, 0.15) is 115 Å². The number of carbonyl (C=O) groups excluding carboxylic acids is 3. The van der Waals surface area contributed by atoms with Crippen LogP contribution in [0.15, 0.2) is 57.9 Å². The lowest BCUT2D eigenvalue weighted by molar-refractivity contribution is -0.180. The Kier molecular flexibility index (Phi) is 10.4. The fourth-order valence-electron chi connectivity index (χ4n) is 6.71. The normalized spacial score (nSPS) is 28.3. The molecule has 2 aliphatic carbocycles. The fraction of sp³-hybridized carbons (Fsp3) is 0.629. The van der Waals surface area contributed by atoms with Gasteiger partial charge in [0, 0.05) is 11.5 Å². The average molecular weight is 537 g/mol. The second kappa shape index (κ2) is 12.4. The number of ketones is 3. The van der Waals surface area contributed by atoms with Gasteiger partial charge in [-0.25, -0.2) is 0 Å². The molecule has 2 bridgehead atoms. The van der Waals surface area contributed by atoms with Gasteiger partial charge in [0.1, 0.15) is 5.76 Å². The van der Waals surface area contributed by atoms with Crippen LogP contribution in [0.2, 0.25) is 0 Å². The zero-order valence-corrected chi connectivity index (χ0v) is 26.4. The predicted octanol–water partition coefficient (Wildman–Crippen LogP) is 8.99. The molecule has 0 unspecified atom stereocenters. The highest BCUT2D eigenvalue weighted by molar-refractivity contribution is 6.33. The molecule has 0 spiro atoms. The Balaban J connectivity index is 3.09. The van der Waals surface area contributed by atoms with Gasteiger partial charge in [0.05, 0.1) is 5.41 Å². The van der Waals surface area contributed by atoms with Crippen molar-refractivity contribution in [2.24, 2.45) is 28.1 Å². The van der Waals surface area contributed by atoms with Gasteiger partial charge in [-0.05, 0) is 105 Å². The first kappa shape index (κ1) is 32.7. The molecule has 0 heterocycles. The lowest BCUT2D eigenvalue weighted by atomic mass is 9.38. The molecule has 2 rings (SSSR count). The van der Waals surface area contributed by atoms with Crippen molar-refractivity contribution in [1.82, 2.24) is 0 Å². The van der Waals surface area contributed by atoms with E-state index in [0.717, 1.165) is 16.7 Å². The van der Waals surface area contributed by atoms with Gasteiger partial charge in [-0.2, -0.15) is 0 Å². The molecule has 4 nitrogen and oxygen atoms in total. The van der Waals surface area contributed by atoms with Crippen molar-refractivity contribution < 1.29 is 19.5 Å². The standard InChI is InChI=1S/C35H52O4/c1-22(2)13-12-19-33(11)27(16-14-23(3)4)21-34(20-18-25(7)8)30(37)28(17-15-24(5)6)31(38)35(33,32(34)39)29(36)26(9)10/h13-15,18,26-27,37H,12,16-17,19-21H2,1-11H3/t27-,33+,34-,35+/m0/s1. The van der Waals surface area contributed by atoms with Gasteiger partial charge in [0.25, 0.3) is 0 Å². The fourth-order valence-corrected chi connectivity index (χ4v) is 6.71. The SMILES string of the molecule is CC(C)=CCC[C@]1(C)[C@@H](CC=C(C)C)C[C@]2(CC=C(C)C)C(=O)[C@@]1(C(=O)C(C)C)C(=O)C(CC=C(C)C)=C2O. The molecule has 1 N–H and O–H groups in total. The highest BCUT2D eigenvalue weighted by Crippen LogP contribution is 2.67. The maximum atomic E-state index is 15.0. The average Bonchev–Trinajstić information content (AvgIpc) is 2.81. The van der Waals surface area contributed by atoms with E-state index < -0.39 is 27.9 Å². The smallest absolute Gasteiger partial charge is 0.184 e. The number of hydrogen-bond acceptors (Lipinski definition) is 4. The van der Waals surface area contributed by atoms with Crippen molar-refractivity contribution >= 4 is 17.3 Å². The van der Waals surface area contributed by atoms with Crippen LogP contribution in [0.5, 0.6) is 0 Å². The number of rotatable bonds is 11. The number of hydrogen-bond donors (Lipinski definition) is 1. The minimum Gasteiger partial charge on any atom is -0.511 e. The first-order valence-electron chi connectivity index (χ1n) is 14.6. The number of aliphatic hydroxyl groups is 1. The summed E-state index contributed by atoms with van der Waals surface area (Å²) >= 11 is 0. The molecule has 0 aliphatic heterocycles. The summed E-state index contributed by atoms with van der Waals surface area (Å²) in [5.41, 5.74) is 0.583. The van der Waals surface area contributed by atoms with Gasteiger partial charge >= 0.3 is 0 Å². The molecule has 1 fully saturated rings. The van der Waals surface area contributed by atoms with Crippen molar-refractivity contribution in [3.05, 3.63) is 57.9 Å². The van der Waals surface area contributed by atoms with E-state index in [2.05, 4.69) is 12.2 Å². The van der Waals surface area contributed by atoms with E-state index in [1.54, 1.807) is 13.8 Å². The van der Waals surface area contributed by atoms with Crippen LogP contribution in [-0.4, -0.2) is 22.5 Å². The van der Waals surface area contributed by atoms with Crippen LogP contribution in [-0.2, 0) is 14.4 Å². The molecule has 0 aromatic carbocycles. The van der Waals surface area contributed by atoms with E-state index in [-0.39, 0.29) is 41.7 Å².